The highest BCUT2D eigenvalue weighted by Crippen LogP contribution is 2.26. The fraction of sp³-hybridized carbons (Fsp3) is 1.00. The van der Waals surface area contributed by atoms with Crippen molar-refractivity contribution in [2.75, 3.05) is 20.1 Å². The first-order valence-corrected chi connectivity index (χ1v) is 5.46. The van der Waals surface area contributed by atoms with Crippen LogP contribution in [0.1, 0.15) is 33.1 Å². The zero-order chi connectivity index (χ0) is 9.84. The molecule has 0 spiro atoms. The molecule has 1 N–H and O–H groups in total. The largest absolute Gasteiger partial charge is 0.392 e. The number of hydrogen-bond donors (Lipinski definition) is 1. The van der Waals surface area contributed by atoms with Crippen LogP contribution in [0.4, 0.5) is 0 Å². The van der Waals surface area contributed by atoms with Gasteiger partial charge in [0.25, 0.3) is 0 Å². The van der Waals surface area contributed by atoms with Crippen molar-refractivity contribution in [2.45, 2.75) is 39.2 Å². The Morgan fingerprint density at radius 2 is 2.00 bits per heavy atom. The van der Waals surface area contributed by atoms with Gasteiger partial charge in [-0.25, -0.2) is 0 Å². The van der Waals surface area contributed by atoms with Gasteiger partial charge in [-0.1, -0.05) is 20.3 Å². The van der Waals surface area contributed by atoms with Gasteiger partial charge in [0.15, 0.2) is 0 Å². The van der Waals surface area contributed by atoms with Crippen LogP contribution in [0, 0.1) is 11.8 Å². The molecular weight excluding hydrogens is 162 g/mol. The molecule has 0 saturated heterocycles. The van der Waals surface area contributed by atoms with E-state index in [-0.39, 0.29) is 6.10 Å². The molecule has 1 fully saturated rings. The molecule has 2 heteroatoms. The standard InChI is InChI=1S/C11H23NO/c1-9(2)11(13)8-12(3)7-10-5-4-6-10/h9-11,13H,4-8H2,1-3H3. The van der Waals surface area contributed by atoms with Crippen molar-refractivity contribution in [3.05, 3.63) is 0 Å². The van der Waals surface area contributed by atoms with Crippen LogP contribution in [-0.4, -0.2) is 36.2 Å². The van der Waals surface area contributed by atoms with Gasteiger partial charge in [0.05, 0.1) is 6.10 Å². The van der Waals surface area contributed by atoms with Crippen LogP contribution < -0.4 is 0 Å². The zero-order valence-electron chi connectivity index (χ0n) is 9.16. The van der Waals surface area contributed by atoms with Crippen LogP contribution in [0.5, 0.6) is 0 Å². The molecule has 0 aliphatic heterocycles. The first-order chi connectivity index (χ1) is 6.09. The molecule has 1 atom stereocenters. The Morgan fingerprint density at radius 1 is 1.38 bits per heavy atom. The van der Waals surface area contributed by atoms with Gasteiger partial charge >= 0.3 is 0 Å². The minimum Gasteiger partial charge on any atom is -0.392 e. The van der Waals surface area contributed by atoms with Gasteiger partial charge in [-0.2, -0.15) is 0 Å². The summed E-state index contributed by atoms with van der Waals surface area (Å²) in [5.74, 6) is 1.29. The number of aliphatic hydroxyl groups excluding tert-OH is 1. The quantitative estimate of drug-likeness (QED) is 0.705. The first-order valence-electron chi connectivity index (χ1n) is 5.46. The molecule has 0 aromatic rings. The van der Waals surface area contributed by atoms with Crippen LogP contribution in [-0.2, 0) is 0 Å². The van der Waals surface area contributed by atoms with Gasteiger partial charge in [0.1, 0.15) is 0 Å². The maximum Gasteiger partial charge on any atom is 0.0689 e. The SMILES string of the molecule is CC(C)C(O)CN(C)CC1CCC1. The maximum atomic E-state index is 9.66. The number of rotatable bonds is 5. The summed E-state index contributed by atoms with van der Waals surface area (Å²) in [4.78, 5) is 2.27. The summed E-state index contributed by atoms with van der Waals surface area (Å²) in [6.45, 7) is 6.14. The highest BCUT2D eigenvalue weighted by atomic mass is 16.3. The number of nitrogens with zero attached hydrogens (tertiary/aromatic N) is 1. The van der Waals surface area contributed by atoms with Crippen molar-refractivity contribution in [1.82, 2.24) is 4.90 Å². The van der Waals surface area contributed by atoms with E-state index in [2.05, 4.69) is 25.8 Å². The third-order valence-electron chi connectivity index (χ3n) is 3.06. The van der Waals surface area contributed by atoms with E-state index in [9.17, 15) is 5.11 Å². The molecule has 2 nitrogen and oxygen atoms in total. The monoisotopic (exact) mass is 185 g/mol. The molecule has 1 aliphatic rings. The molecule has 0 radical (unpaired) electrons. The predicted molar refractivity (Wildman–Crippen MR) is 55.7 cm³/mol. The Bertz CT molecular complexity index is 143. The minimum atomic E-state index is -0.162. The van der Waals surface area contributed by atoms with E-state index in [1.807, 2.05) is 0 Å². The van der Waals surface area contributed by atoms with Gasteiger partial charge in [-0.05, 0) is 31.7 Å². The van der Waals surface area contributed by atoms with Crippen LogP contribution in [0.15, 0.2) is 0 Å². The molecular formula is C11H23NO. The minimum absolute atomic E-state index is 0.162. The normalized spacial score (nSPS) is 20.8. The smallest absolute Gasteiger partial charge is 0.0689 e. The molecule has 0 amide bonds. The Hall–Kier alpha value is -0.0800. The molecule has 0 bridgehead atoms. The summed E-state index contributed by atoms with van der Waals surface area (Å²) < 4.78 is 0. The highest BCUT2D eigenvalue weighted by molar-refractivity contribution is 4.74. The fourth-order valence-corrected chi connectivity index (χ4v) is 1.72. The molecule has 0 aromatic heterocycles. The first kappa shape index (κ1) is 11.0. The third kappa shape index (κ3) is 3.65. The molecule has 13 heavy (non-hydrogen) atoms. The molecule has 1 aliphatic carbocycles. The lowest BCUT2D eigenvalue weighted by molar-refractivity contribution is 0.0738. The van der Waals surface area contributed by atoms with Crippen LogP contribution in [0.3, 0.4) is 0 Å². The van der Waals surface area contributed by atoms with E-state index < -0.39 is 0 Å². The van der Waals surface area contributed by atoms with E-state index in [1.54, 1.807) is 0 Å². The van der Waals surface area contributed by atoms with Gasteiger partial charge in [0.2, 0.25) is 0 Å². The summed E-state index contributed by atoms with van der Waals surface area (Å²) in [5, 5.41) is 9.66. The number of likely N-dealkylation sites (N-methyl/N-ethyl adjacent to an activating group) is 1. The summed E-state index contributed by atoms with van der Waals surface area (Å²) in [6, 6.07) is 0. The maximum absolute atomic E-state index is 9.66. The second-order valence-corrected chi connectivity index (χ2v) is 4.83. The van der Waals surface area contributed by atoms with E-state index in [0.717, 1.165) is 12.5 Å². The van der Waals surface area contributed by atoms with Crippen LogP contribution in [0.2, 0.25) is 0 Å². The Morgan fingerprint density at radius 3 is 2.38 bits per heavy atom. The second kappa shape index (κ2) is 4.97. The van der Waals surface area contributed by atoms with E-state index in [1.165, 1.54) is 25.8 Å². The van der Waals surface area contributed by atoms with Crippen molar-refractivity contribution in [1.29, 1.82) is 0 Å². The van der Waals surface area contributed by atoms with Gasteiger partial charge in [-0.15, -0.1) is 0 Å². The fourth-order valence-electron chi connectivity index (χ4n) is 1.72. The average Bonchev–Trinajstić information content (AvgIpc) is 1.96. The van der Waals surface area contributed by atoms with Gasteiger partial charge < -0.3 is 10.0 Å². The lowest BCUT2D eigenvalue weighted by Gasteiger charge is -2.31. The van der Waals surface area contributed by atoms with E-state index in [4.69, 9.17) is 0 Å². The number of aliphatic hydroxyl groups is 1. The zero-order valence-corrected chi connectivity index (χ0v) is 9.16. The summed E-state index contributed by atoms with van der Waals surface area (Å²) in [7, 11) is 2.12. The van der Waals surface area contributed by atoms with Crippen molar-refractivity contribution in [3.8, 4) is 0 Å². The Balaban J connectivity index is 2.12. The lowest BCUT2D eigenvalue weighted by Crippen LogP contribution is -2.36. The summed E-state index contributed by atoms with van der Waals surface area (Å²) in [5.41, 5.74) is 0. The average molecular weight is 185 g/mol. The van der Waals surface area contributed by atoms with Crippen LogP contribution >= 0.6 is 0 Å². The van der Waals surface area contributed by atoms with Crippen molar-refractivity contribution >= 4 is 0 Å². The molecule has 1 saturated carbocycles. The summed E-state index contributed by atoms with van der Waals surface area (Å²) >= 11 is 0. The molecule has 1 rings (SSSR count). The predicted octanol–water partition coefficient (Wildman–Crippen LogP) is 1.74. The van der Waals surface area contributed by atoms with Gasteiger partial charge in [0, 0.05) is 13.1 Å². The highest BCUT2D eigenvalue weighted by Gasteiger charge is 2.20. The van der Waals surface area contributed by atoms with Crippen molar-refractivity contribution in [3.63, 3.8) is 0 Å². The lowest BCUT2D eigenvalue weighted by atomic mass is 9.85. The van der Waals surface area contributed by atoms with E-state index in [0.29, 0.717) is 5.92 Å². The van der Waals surface area contributed by atoms with E-state index >= 15 is 0 Å². The molecule has 0 aromatic carbocycles. The molecule has 78 valence electrons. The van der Waals surface area contributed by atoms with Crippen LogP contribution in [0.25, 0.3) is 0 Å². The second-order valence-electron chi connectivity index (χ2n) is 4.83. The van der Waals surface area contributed by atoms with Crippen molar-refractivity contribution in [2.24, 2.45) is 11.8 Å². The third-order valence-corrected chi connectivity index (χ3v) is 3.06. The molecule has 1 unspecified atom stereocenters. The topological polar surface area (TPSA) is 23.5 Å². The molecule has 0 heterocycles. The Kier molecular flexibility index (Phi) is 4.20. The summed E-state index contributed by atoms with van der Waals surface area (Å²) in [6.07, 6.45) is 4.03. The number of hydrogen-bond acceptors (Lipinski definition) is 2. The van der Waals surface area contributed by atoms with Crippen molar-refractivity contribution < 1.29 is 5.11 Å². The van der Waals surface area contributed by atoms with Gasteiger partial charge in [-0.3, -0.25) is 0 Å². The Labute approximate surface area is 81.9 Å².